The van der Waals surface area contributed by atoms with E-state index in [1.807, 2.05) is 6.07 Å². The Labute approximate surface area is 128 Å². The Bertz CT molecular complexity index is 571. The van der Waals surface area contributed by atoms with E-state index < -0.39 is 0 Å². The van der Waals surface area contributed by atoms with E-state index in [4.69, 9.17) is 4.98 Å². The van der Waals surface area contributed by atoms with Crippen molar-refractivity contribution in [2.75, 3.05) is 25.0 Å². The molecule has 0 spiro atoms. The molecule has 1 N–H and O–H groups in total. The molecule has 2 rings (SSSR count). The summed E-state index contributed by atoms with van der Waals surface area (Å²) < 4.78 is 2.19. The molecule has 0 bridgehead atoms. The van der Waals surface area contributed by atoms with Gasteiger partial charge in [0.15, 0.2) is 5.82 Å². The maximum Gasteiger partial charge on any atom is 0.152 e. The number of hydrogen-bond donors (Lipinski definition) is 1. The standard InChI is InChI=1S/C17H28N4/c1-13(2)10-18-11-15-17(20(5)12-14(3)4)19-16-8-6-7-9-21(15)16/h6-9,13-14,18H,10-12H2,1-5H3. The summed E-state index contributed by atoms with van der Waals surface area (Å²) in [6.45, 7) is 11.8. The number of rotatable bonds is 7. The van der Waals surface area contributed by atoms with Gasteiger partial charge in [0.1, 0.15) is 5.65 Å². The third kappa shape index (κ3) is 3.97. The molecule has 0 fully saturated rings. The van der Waals surface area contributed by atoms with E-state index in [2.05, 4.69) is 67.7 Å². The average Bonchev–Trinajstić information content (AvgIpc) is 2.77. The van der Waals surface area contributed by atoms with Crippen molar-refractivity contribution in [1.82, 2.24) is 14.7 Å². The van der Waals surface area contributed by atoms with Gasteiger partial charge in [0.2, 0.25) is 0 Å². The lowest BCUT2D eigenvalue weighted by Gasteiger charge is -2.21. The lowest BCUT2D eigenvalue weighted by Crippen LogP contribution is -2.26. The largest absolute Gasteiger partial charge is 0.358 e. The molecule has 2 aromatic rings. The number of hydrogen-bond acceptors (Lipinski definition) is 3. The number of fused-ring (bicyclic) bond motifs is 1. The van der Waals surface area contributed by atoms with Crippen molar-refractivity contribution in [3.8, 4) is 0 Å². The monoisotopic (exact) mass is 288 g/mol. The summed E-state index contributed by atoms with van der Waals surface area (Å²) in [5.74, 6) is 2.36. The van der Waals surface area contributed by atoms with Gasteiger partial charge < -0.3 is 14.6 Å². The van der Waals surface area contributed by atoms with E-state index in [9.17, 15) is 0 Å². The van der Waals surface area contributed by atoms with Crippen LogP contribution in [0.3, 0.4) is 0 Å². The molecule has 0 aliphatic rings. The topological polar surface area (TPSA) is 32.6 Å². The first-order valence-electron chi connectivity index (χ1n) is 7.86. The Hall–Kier alpha value is -1.55. The Balaban J connectivity index is 2.29. The molecule has 0 aromatic carbocycles. The minimum Gasteiger partial charge on any atom is -0.358 e. The molecule has 4 nitrogen and oxygen atoms in total. The molecule has 2 aromatic heterocycles. The van der Waals surface area contributed by atoms with Gasteiger partial charge in [0, 0.05) is 26.3 Å². The van der Waals surface area contributed by atoms with Gasteiger partial charge in [-0.25, -0.2) is 4.98 Å². The molecule has 21 heavy (non-hydrogen) atoms. The highest BCUT2D eigenvalue weighted by molar-refractivity contribution is 5.55. The molecular weight excluding hydrogens is 260 g/mol. The number of nitrogens with one attached hydrogen (secondary N) is 1. The predicted octanol–water partition coefficient (Wildman–Crippen LogP) is 3.17. The van der Waals surface area contributed by atoms with Gasteiger partial charge in [0.25, 0.3) is 0 Å². The zero-order valence-corrected chi connectivity index (χ0v) is 13.9. The maximum absolute atomic E-state index is 4.81. The van der Waals surface area contributed by atoms with Crippen LogP contribution in [0.4, 0.5) is 5.82 Å². The zero-order valence-electron chi connectivity index (χ0n) is 13.9. The summed E-state index contributed by atoms with van der Waals surface area (Å²) in [7, 11) is 2.13. The Kier molecular flexibility index (Phi) is 5.23. The molecule has 0 aliphatic heterocycles. The highest BCUT2D eigenvalue weighted by Gasteiger charge is 2.16. The smallest absolute Gasteiger partial charge is 0.152 e. The second-order valence-electron chi connectivity index (χ2n) is 6.61. The van der Waals surface area contributed by atoms with Gasteiger partial charge in [-0.1, -0.05) is 33.8 Å². The highest BCUT2D eigenvalue weighted by atomic mass is 15.2. The maximum atomic E-state index is 4.81. The van der Waals surface area contributed by atoms with Crippen molar-refractivity contribution in [2.24, 2.45) is 11.8 Å². The number of pyridine rings is 1. The van der Waals surface area contributed by atoms with E-state index >= 15 is 0 Å². The van der Waals surface area contributed by atoms with Crippen LogP contribution >= 0.6 is 0 Å². The van der Waals surface area contributed by atoms with Crippen LogP contribution in [0.25, 0.3) is 5.65 Å². The minimum absolute atomic E-state index is 0.622. The number of imidazole rings is 1. The Morgan fingerprint density at radius 1 is 1.19 bits per heavy atom. The van der Waals surface area contributed by atoms with Crippen molar-refractivity contribution >= 4 is 11.5 Å². The molecule has 0 saturated heterocycles. The third-order valence-electron chi connectivity index (χ3n) is 3.45. The van der Waals surface area contributed by atoms with Crippen molar-refractivity contribution in [2.45, 2.75) is 34.2 Å². The van der Waals surface area contributed by atoms with Crippen LogP contribution in [-0.2, 0) is 6.54 Å². The highest BCUT2D eigenvalue weighted by Crippen LogP contribution is 2.21. The van der Waals surface area contributed by atoms with Crippen molar-refractivity contribution in [3.63, 3.8) is 0 Å². The van der Waals surface area contributed by atoms with Crippen LogP contribution < -0.4 is 10.2 Å². The average molecular weight is 288 g/mol. The number of aromatic nitrogens is 2. The van der Waals surface area contributed by atoms with E-state index in [-0.39, 0.29) is 0 Å². The summed E-state index contributed by atoms with van der Waals surface area (Å²) >= 11 is 0. The van der Waals surface area contributed by atoms with Crippen LogP contribution in [0.2, 0.25) is 0 Å². The molecule has 116 valence electrons. The number of anilines is 1. The van der Waals surface area contributed by atoms with Gasteiger partial charge in [-0.2, -0.15) is 0 Å². The van der Waals surface area contributed by atoms with Gasteiger partial charge in [0.05, 0.1) is 5.69 Å². The normalized spacial score (nSPS) is 11.8. The lowest BCUT2D eigenvalue weighted by atomic mass is 10.2. The molecule has 0 radical (unpaired) electrons. The molecule has 0 saturated carbocycles. The van der Waals surface area contributed by atoms with Crippen LogP contribution in [0, 0.1) is 11.8 Å². The van der Waals surface area contributed by atoms with Crippen LogP contribution in [0.5, 0.6) is 0 Å². The van der Waals surface area contributed by atoms with Crippen molar-refractivity contribution in [1.29, 1.82) is 0 Å². The van der Waals surface area contributed by atoms with E-state index in [0.29, 0.717) is 11.8 Å². The van der Waals surface area contributed by atoms with Crippen LogP contribution in [0.15, 0.2) is 24.4 Å². The SMILES string of the molecule is CC(C)CNCc1c(N(C)CC(C)C)nc2ccccn12. The van der Waals surface area contributed by atoms with Crippen LogP contribution in [0.1, 0.15) is 33.4 Å². The quantitative estimate of drug-likeness (QED) is 0.849. The summed E-state index contributed by atoms with van der Waals surface area (Å²) in [4.78, 5) is 7.08. The van der Waals surface area contributed by atoms with Crippen molar-refractivity contribution < 1.29 is 0 Å². The second-order valence-corrected chi connectivity index (χ2v) is 6.61. The first-order valence-corrected chi connectivity index (χ1v) is 7.86. The second kappa shape index (κ2) is 6.94. The molecule has 0 aliphatic carbocycles. The van der Waals surface area contributed by atoms with E-state index in [1.165, 1.54) is 5.69 Å². The number of nitrogens with zero attached hydrogens (tertiary/aromatic N) is 3. The first kappa shape index (κ1) is 15.8. The van der Waals surface area contributed by atoms with E-state index in [1.54, 1.807) is 0 Å². The Morgan fingerprint density at radius 3 is 2.62 bits per heavy atom. The van der Waals surface area contributed by atoms with Crippen molar-refractivity contribution in [3.05, 3.63) is 30.1 Å². The molecule has 2 heterocycles. The lowest BCUT2D eigenvalue weighted by molar-refractivity contribution is 0.546. The molecule has 4 heteroatoms. The van der Waals surface area contributed by atoms with Gasteiger partial charge in [-0.3, -0.25) is 0 Å². The molecule has 0 unspecified atom stereocenters. The van der Waals surface area contributed by atoms with Gasteiger partial charge >= 0.3 is 0 Å². The third-order valence-corrected chi connectivity index (χ3v) is 3.45. The predicted molar refractivity (Wildman–Crippen MR) is 89.8 cm³/mol. The summed E-state index contributed by atoms with van der Waals surface area (Å²) in [5.41, 5.74) is 2.26. The van der Waals surface area contributed by atoms with E-state index in [0.717, 1.165) is 31.1 Å². The van der Waals surface area contributed by atoms with Gasteiger partial charge in [-0.05, 0) is 30.5 Å². The zero-order chi connectivity index (χ0) is 15.4. The fraction of sp³-hybridized carbons (Fsp3) is 0.588. The van der Waals surface area contributed by atoms with Gasteiger partial charge in [-0.15, -0.1) is 0 Å². The fourth-order valence-corrected chi connectivity index (χ4v) is 2.62. The Morgan fingerprint density at radius 2 is 1.95 bits per heavy atom. The minimum atomic E-state index is 0.622. The summed E-state index contributed by atoms with van der Waals surface area (Å²) in [6.07, 6.45) is 2.10. The molecule has 0 atom stereocenters. The summed E-state index contributed by atoms with van der Waals surface area (Å²) in [6, 6.07) is 6.17. The fourth-order valence-electron chi connectivity index (χ4n) is 2.62. The molecule has 0 amide bonds. The summed E-state index contributed by atoms with van der Waals surface area (Å²) in [5, 5.41) is 3.54. The molecular formula is C17H28N4. The van der Waals surface area contributed by atoms with Crippen LogP contribution in [-0.4, -0.2) is 29.5 Å². The first-order chi connectivity index (χ1) is 9.99.